The predicted molar refractivity (Wildman–Crippen MR) is 87.3 cm³/mol. The van der Waals surface area contributed by atoms with Crippen molar-refractivity contribution in [2.45, 2.75) is 25.0 Å². The fourth-order valence-corrected chi connectivity index (χ4v) is 2.17. The quantitative estimate of drug-likeness (QED) is 0.503. The summed E-state index contributed by atoms with van der Waals surface area (Å²) in [7, 11) is 0. The van der Waals surface area contributed by atoms with Gasteiger partial charge in [0, 0.05) is 30.5 Å². The lowest BCUT2D eigenvalue weighted by Crippen LogP contribution is -2.63. The molecule has 2 rings (SSSR count). The van der Waals surface area contributed by atoms with E-state index in [0.29, 0.717) is 12.8 Å². The first-order chi connectivity index (χ1) is 11.1. The van der Waals surface area contributed by atoms with Gasteiger partial charge in [0.1, 0.15) is 12.1 Å². The third kappa shape index (κ3) is 4.92. The molecule has 0 bridgehead atoms. The maximum atomic E-state index is 10.6. The zero-order valence-corrected chi connectivity index (χ0v) is 12.7. The van der Waals surface area contributed by atoms with Gasteiger partial charge < -0.3 is 10.8 Å². The highest BCUT2D eigenvalue weighted by atomic mass is 16.6. The molecule has 2 atom stereocenters. The maximum Gasteiger partial charge on any atom is 0.269 e. The molecule has 0 aromatic heterocycles. The minimum Gasteiger partial charge on any atom is -0.382 e. The number of hydrogen-bond acceptors (Lipinski definition) is 3. The molecule has 2 aromatic carbocycles. The van der Waals surface area contributed by atoms with Crippen molar-refractivity contribution in [2.24, 2.45) is 0 Å². The highest BCUT2D eigenvalue weighted by molar-refractivity contribution is 5.41. The van der Waals surface area contributed by atoms with E-state index in [0.717, 1.165) is 11.1 Å². The molecule has 0 spiro atoms. The van der Waals surface area contributed by atoms with Crippen LogP contribution in [0.4, 0.5) is 5.69 Å². The number of hydrogen-bond donors (Lipinski definition) is 2. The number of nitro benzene ring substituents is 1. The average molecular weight is 311 g/mol. The van der Waals surface area contributed by atoms with Crippen molar-refractivity contribution in [3.05, 3.63) is 75.8 Å². The van der Waals surface area contributed by atoms with Crippen LogP contribution in [0.15, 0.2) is 54.6 Å². The molecule has 0 aliphatic rings. The molecule has 4 N–H and O–H groups in total. The van der Waals surface area contributed by atoms with Crippen molar-refractivity contribution in [2.75, 3.05) is 0 Å². The van der Waals surface area contributed by atoms with E-state index in [1.807, 2.05) is 30.3 Å². The fraction of sp³-hybridized carbons (Fsp3) is 0.222. The molecule has 0 amide bonds. The molecule has 0 saturated carbocycles. The summed E-state index contributed by atoms with van der Waals surface area (Å²) >= 11 is 0. The number of aliphatic hydroxyl groups excluding tert-OH is 1. The molecule has 5 nitrogen and oxygen atoms in total. The highest BCUT2D eigenvalue weighted by Crippen LogP contribution is 2.16. The van der Waals surface area contributed by atoms with E-state index in [9.17, 15) is 15.2 Å². The van der Waals surface area contributed by atoms with Crippen molar-refractivity contribution in [3.8, 4) is 11.8 Å². The smallest absolute Gasteiger partial charge is 0.269 e. The van der Waals surface area contributed by atoms with E-state index in [2.05, 4.69) is 17.6 Å². The lowest BCUT2D eigenvalue weighted by Gasteiger charge is -2.15. The van der Waals surface area contributed by atoms with Gasteiger partial charge in [-0.3, -0.25) is 10.1 Å². The molecule has 0 fully saturated rings. The summed E-state index contributed by atoms with van der Waals surface area (Å²) in [5.41, 5.74) is 5.65. The van der Waals surface area contributed by atoms with Crippen LogP contribution in [0.2, 0.25) is 0 Å². The molecule has 0 radical (unpaired) electrons. The number of nitro groups is 1. The van der Waals surface area contributed by atoms with Gasteiger partial charge in [0.15, 0.2) is 0 Å². The standard InChI is InChI=1S/C18H18N2O3/c19-17(18(21)15-7-2-1-3-8-15)9-5-4-6-14-10-12-16(13-11-14)20(22)23/h1-3,7-8,10-13,17-18,21H,5,9,19H2/p+1/t17-,18?/m1/s1. The van der Waals surface area contributed by atoms with E-state index in [-0.39, 0.29) is 11.7 Å². The van der Waals surface area contributed by atoms with E-state index >= 15 is 0 Å². The largest absolute Gasteiger partial charge is 0.382 e. The van der Waals surface area contributed by atoms with Crippen molar-refractivity contribution in [3.63, 3.8) is 0 Å². The van der Waals surface area contributed by atoms with Crippen LogP contribution >= 0.6 is 0 Å². The van der Waals surface area contributed by atoms with Crippen molar-refractivity contribution in [1.29, 1.82) is 0 Å². The molecule has 5 heteroatoms. The molecular weight excluding hydrogens is 292 g/mol. The zero-order chi connectivity index (χ0) is 16.7. The van der Waals surface area contributed by atoms with Crippen LogP contribution in [0.5, 0.6) is 0 Å². The van der Waals surface area contributed by atoms with Gasteiger partial charge in [0.25, 0.3) is 5.69 Å². The van der Waals surface area contributed by atoms with Crippen LogP contribution in [0.25, 0.3) is 0 Å². The summed E-state index contributed by atoms with van der Waals surface area (Å²) in [6.07, 6.45) is 0.683. The second kappa shape index (κ2) is 8.08. The Morgan fingerprint density at radius 2 is 1.78 bits per heavy atom. The van der Waals surface area contributed by atoms with E-state index in [4.69, 9.17) is 0 Å². The number of aliphatic hydroxyl groups is 1. The zero-order valence-electron chi connectivity index (χ0n) is 12.7. The Kier molecular flexibility index (Phi) is 5.87. The molecule has 2 aromatic rings. The Morgan fingerprint density at radius 3 is 2.39 bits per heavy atom. The predicted octanol–water partition coefficient (Wildman–Crippen LogP) is 2.07. The molecule has 1 unspecified atom stereocenters. The van der Waals surface area contributed by atoms with Crippen LogP contribution in [-0.4, -0.2) is 16.1 Å². The summed E-state index contributed by atoms with van der Waals surface area (Å²) in [4.78, 5) is 10.1. The SMILES string of the molecule is [NH3+][C@H](CCC#Cc1ccc([N+](=O)[O-])cc1)C(O)c1ccccc1. The van der Waals surface area contributed by atoms with E-state index in [1.165, 1.54) is 12.1 Å². The van der Waals surface area contributed by atoms with Gasteiger partial charge in [-0.1, -0.05) is 42.2 Å². The summed E-state index contributed by atoms with van der Waals surface area (Å²) in [6, 6.07) is 15.4. The molecule has 0 heterocycles. The summed E-state index contributed by atoms with van der Waals surface area (Å²) in [6.45, 7) is 0. The lowest BCUT2D eigenvalue weighted by atomic mass is 9.99. The highest BCUT2D eigenvalue weighted by Gasteiger charge is 2.18. The molecule has 0 saturated heterocycles. The maximum absolute atomic E-state index is 10.6. The molecular formula is C18H19N2O3+. The first kappa shape index (κ1) is 16.7. The van der Waals surface area contributed by atoms with Gasteiger partial charge in [0.2, 0.25) is 0 Å². The Morgan fingerprint density at radius 1 is 1.13 bits per heavy atom. The van der Waals surface area contributed by atoms with Gasteiger partial charge >= 0.3 is 0 Å². The average Bonchev–Trinajstić information content (AvgIpc) is 2.59. The number of rotatable bonds is 5. The molecule has 23 heavy (non-hydrogen) atoms. The Labute approximate surface area is 134 Å². The van der Waals surface area contributed by atoms with Gasteiger partial charge in [-0.25, -0.2) is 0 Å². The number of quaternary nitrogens is 1. The number of non-ortho nitro benzene ring substituents is 1. The first-order valence-corrected chi connectivity index (χ1v) is 7.37. The third-order valence-corrected chi connectivity index (χ3v) is 3.54. The van der Waals surface area contributed by atoms with Crippen molar-refractivity contribution in [1.82, 2.24) is 0 Å². The normalized spacial score (nSPS) is 12.8. The lowest BCUT2D eigenvalue weighted by molar-refractivity contribution is -0.440. The first-order valence-electron chi connectivity index (χ1n) is 7.37. The summed E-state index contributed by atoms with van der Waals surface area (Å²) in [5.74, 6) is 5.98. The fourth-order valence-electron chi connectivity index (χ4n) is 2.17. The summed E-state index contributed by atoms with van der Waals surface area (Å²) in [5, 5.41) is 20.8. The van der Waals surface area contributed by atoms with Crippen molar-refractivity contribution < 1.29 is 15.8 Å². The minimum absolute atomic E-state index is 0.0550. The van der Waals surface area contributed by atoms with Gasteiger partial charge in [0.05, 0.1) is 4.92 Å². The van der Waals surface area contributed by atoms with Crippen LogP contribution in [0, 0.1) is 22.0 Å². The second-order valence-electron chi connectivity index (χ2n) is 5.26. The topological polar surface area (TPSA) is 91.0 Å². The Hall–Kier alpha value is -2.68. The Bertz CT molecular complexity index is 703. The second-order valence-corrected chi connectivity index (χ2v) is 5.26. The third-order valence-electron chi connectivity index (χ3n) is 3.54. The molecule has 118 valence electrons. The monoisotopic (exact) mass is 311 g/mol. The summed E-state index contributed by atoms with van der Waals surface area (Å²) < 4.78 is 0. The van der Waals surface area contributed by atoms with Gasteiger partial charge in [-0.05, 0) is 17.7 Å². The van der Waals surface area contributed by atoms with Crippen LogP contribution in [0.3, 0.4) is 0 Å². The van der Waals surface area contributed by atoms with E-state index in [1.54, 1.807) is 12.1 Å². The van der Waals surface area contributed by atoms with Crippen LogP contribution in [0.1, 0.15) is 30.1 Å². The van der Waals surface area contributed by atoms with E-state index < -0.39 is 11.0 Å². The van der Waals surface area contributed by atoms with Crippen LogP contribution < -0.4 is 5.73 Å². The van der Waals surface area contributed by atoms with Crippen molar-refractivity contribution >= 4 is 5.69 Å². The Balaban J connectivity index is 1.86. The molecule has 0 aliphatic carbocycles. The van der Waals surface area contributed by atoms with Crippen LogP contribution in [-0.2, 0) is 0 Å². The minimum atomic E-state index is -0.600. The number of nitrogens with zero attached hydrogens (tertiary/aromatic N) is 1. The molecule has 0 aliphatic heterocycles. The van der Waals surface area contributed by atoms with Gasteiger partial charge in [-0.15, -0.1) is 0 Å². The van der Waals surface area contributed by atoms with Gasteiger partial charge in [-0.2, -0.15) is 0 Å². The number of benzene rings is 2.